The van der Waals surface area contributed by atoms with Gasteiger partial charge in [-0.2, -0.15) is 0 Å². The lowest BCUT2D eigenvalue weighted by Crippen LogP contribution is -2.28. The molecule has 0 aliphatic carbocycles. The zero-order valence-corrected chi connectivity index (χ0v) is 13.6. The molecule has 0 aliphatic rings. The number of aromatic nitrogens is 2. The molecule has 0 fully saturated rings. The molecule has 20 heavy (non-hydrogen) atoms. The fourth-order valence-electron chi connectivity index (χ4n) is 2.52. The third-order valence-corrected chi connectivity index (χ3v) is 4.09. The molecule has 1 heterocycles. The second-order valence-electron chi connectivity index (χ2n) is 4.86. The minimum atomic E-state index is 0.408. The first kappa shape index (κ1) is 15.6. The van der Waals surface area contributed by atoms with Crippen LogP contribution in [0, 0.1) is 0 Å². The molecule has 0 unspecified atom stereocenters. The topological polar surface area (TPSA) is 21.1 Å². The molecule has 3 nitrogen and oxygen atoms in total. The van der Waals surface area contributed by atoms with E-state index in [1.165, 1.54) is 6.42 Å². The summed E-state index contributed by atoms with van der Waals surface area (Å²) in [5, 5.41) is 0.741. The van der Waals surface area contributed by atoms with Gasteiger partial charge in [0.2, 0.25) is 0 Å². The van der Waals surface area contributed by atoms with Gasteiger partial charge in [0.05, 0.1) is 21.9 Å². The van der Waals surface area contributed by atoms with Gasteiger partial charge in [0.1, 0.15) is 5.82 Å². The molecule has 0 radical (unpaired) electrons. The summed E-state index contributed by atoms with van der Waals surface area (Å²) in [5.74, 6) is 1.30. The highest BCUT2D eigenvalue weighted by Crippen LogP contribution is 2.25. The first-order chi connectivity index (χ1) is 9.71. The van der Waals surface area contributed by atoms with Crippen LogP contribution in [0.3, 0.4) is 0 Å². The highest BCUT2D eigenvalue weighted by molar-refractivity contribution is 6.35. The molecule has 0 spiro atoms. The molecule has 0 amide bonds. The van der Waals surface area contributed by atoms with Crippen molar-refractivity contribution in [3.8, 4) is 0 Å². The third-order valence-electron chi connectivity index (χ3n) is 3.54. The maximum Gasteiger partial charge on any atom is 0.124 e. The van der Waals surface area contributed by atoms with Gasteiger partial charge >= 0.3 is 0 Å². The number of alkyl halides is 1. The van der Waals surface area contributed by atoms with Gasteiger partial charge in [-0.1, -0.05) is 31.5 Å². The van der Waals surface area contributed by atoms with Crippen LogP contribution in [0.4, 0.5) is 0 Å². The maximum atomic E-state index is 6.33. The van der Waals surface area contributed by atoms with Crippen LogP contribution in [0.5, 0.6) is 0 Å². The van der Waals surface area contributed by atoms with Gasteiger partial charge in [0, 0.05) is 13.1 Å². The first-order valence-corrected chi connectivity index (χ1v) is 8.04. The van der Waals surface area contributed by atoms with Crippen LogP contribution in [0.2, 0.25) is 5.02 Å². The van der Waals surface area contributed by atoms with E-state index < -0.39 is 0 Å². The van der Waals surface area contributed by atoms with Gasteiger partial charge in [-0.3, -0.25) is 0 Å². The summed E-state index contributed by atoms with van der Waals surface area (Å²) in [6, 6.07) is 5.82. The van der Waals surface area contributed by atoms with E-state index in [2.05, 4.69) is 28.3 Å². The smallest absolute Gasteiger partial charge is 0.124 e. The predicted molar refractivity (Wildman–Crippen MR) is 86.7 cm³/mol. The Kier molecular flexibility index (Phi) is 5.70. The van der Waals surface area contributed by atoms with Crippen LogP contribution < -0.4 is 0 Å². The second kappa shape index (κ2) is 7.30. The first-order valence-electron chi connectivity index (χ1n) is 7.13. The van der Waals surface area contributed by atoms with Crippen molar-refractivity contribution in [2.24, 2.45) is 0 Å². The minimum absolute atomic E-state index is 0.408. The van der Waals surface area contributed by atoms with E-state index in [-0.39, 0.29) is 0 Å². The number of fused-ring (bicyclic) bond motifs is 1. The molecule has 5 heteroatoms. The van der Waals surface area contributed by atoms with E-state index in [0.29, 0.717) is 5.88 Å². The maximum absolute atomic E-state index is 6.33. The Hall–Kier alpha value is -0.770. The third kappa shape index (κ3) is 3.27. The standard InChI is InChI=1S/C15H21Cl2N3/c1-3-8-19(4-2)9-10-20-14(11-16)18-13-7-5-6-12(17)15(13)20/h5-7H,3-4,8-11H2,1-2H3. The van der Waals surface area contributed by atoms with Crippen molar-refractivity contribution >= 4 is 34.2 Å². The Morgan fingerprint density at radius 2 is 2.05 bits per heavy atom. The molecule has 1 aromatic heterocycles. The molecule has 110 valence electrons. The highest BCUT2D eigenvalue weighted by Gasteiger charge is 2.13. The number of imidazole rings is 1. The fraction of sp³-hybridized carbons (Fsp3) is 0.533. The molecule has 0 aliphatic heterocycles. The predicted octanol–water partition coefficient (Wildman–Crippen LogP) is 4.16. The van der Waals surface area contributed by atoms with E-state index in [9.17, 15) is 0 Å². The lowest BCUT2D eigenvalue weighted by molar-refractivity contribution is 0.277. The summed E-state index contributed by atoms with van der Waals surface area (Å²) in [7, 11) is 0. The van der Waals surface area contributed by atoms with Gasteiger partial charge in [-0.25, -0.2) is 4.98 Å². The summed E-state index contributed by atoms with van der Waals surface area (Å²) in [6.07, 6.45) is 1.17. The van der Waals surface area contributed by atoms with Crippen LogP contribution in [0.15, 0.2) is 18.2 Å². The summed E-state index contributed by atoms with van der Waals surface area (Å²) >= 11 is 12.4. The number of benzene rings is 1. The van der Waals surface area contributed by atoms with Crippen molar-refractivity contribution in [2.45, 2.75) is 32.7 Å². The Balaban J connectivity index is 2.28. The molecule has 0 bridgehead atoms. The van der Waals surface area contributed by atoms with Gasteiger partial charge < -0.3 is 9.47 Å². The van der Waals surface area contributed by atoms with Crippen LogP contribution in [0.25, 0.3) is 11.0 Å². The van der Waals surface area contributed by atoms with Crippen LogP contribution >= 0.6 is 23.2 Å². The van der Waals surface area contributed by atoms with Gasteiger partial charge in [-0.05, 0) is 31.6 Å². The SMILES string of the molecule is CCCN(CC)CCn1c(CCl)nc2cccc(Cl)c21. The van der Waals surface area contributed by atoms with Gasteiger partial charge in [0.15, 0.2) is 0 Å². The Labute approximate surface area is 130 Å². The quantitative estimate of drug-likeness (QED) is 0.716. The Morgan fingerprint density at radius 3 is 2.70 bits per heavy atom. The molecule has 0 atom stereocenters. The average molecular weight is 314 g/mol. The van der Waals surface area contributed by atoms with Gasteiger partial charge in [0.25, 0.3) is 0 Å². The van der Waals surface area contributed by atoms with Crippen molar-refractivity contribution in [1.29, 1.82) is 0 Å². The van der Waals surface area contributed by atoms with Crippen LogP contribution in [0.1, 0.15) is 26.1 Å². The number of rotatable bonds is 7. The number of para-hydroxylation sites is 1. The molecule has 0 saturated carbocycles. The summed E-state index contributed by atoms with van der Waals surface area (Å²) in [6.45, 7) is 8.44. The number of hydrogen-bond acceptors (Lipinski definition) is 2. The molecule has 2 aromatic rings. The van der Waals surface area contributed by atoms with Crippen molar-refractivity contribution in [3.05, 3.63) is 29.0 Å². The molecule has 2 rings (SSSR count). The Bertz CT molecular complexity index is 565. The molecule has 1 aromatic carbocycles. The van der Waals surface area contributed by atoms with Crippen molar-refractivity contribution in [2.75, 3.05) is 19.6 Å². The van der Waals surface area contributed by atoms with Crippen LogP contribution in [-0.4, -0.2) is 34.1 Å². The largest absolute Gasteiger partial charge is 0.324 e. The van der Waals surface area contributed by atoms with Crippen LogP contribution in [-0.2, 0) is 12.4 Å². The lowest BCUT2D eigenvalue weighted by Gasteiger charge is -2.20. The monoisotopic (exact) mass is 313 g/mol. The fourth-order valence-corrected chi connectivity index (χ4v) is 2.99. The molecular formula is C15H21Cl2N3. The van der Waals surface area contributed by atoms with E-state index >= 15 is 0 Å². The molecule has 0 saturated heterocycles. The lowest BCUT2D eigenvalue weighted by atomic mass is 10.3. The average Bonchev–Trinajstić information content (AvgIpc) is 2.82. The highest BCUT2D eigenvalue weighted by atomic mass is 35.5. The normalized spacial score (nSPS) is 11.7. The molecule has 0 N–H and O–H groups in total. The van der Waals surface area contributed by atoms with E-state index in [1.54, 1.807) is 0 Å². The minimum Gasteiger partial charge on any atom is -0.324 e. The van der Waals surface area contributed by atoms with Crippen molar-refractivity contribution in [1.82, 2.24) is 14.5 Å². The van der Waals surface area contributed by atoms with E-state index in [0.717, 1.165) is 48.1 Å². The van der Waals surface area contributed by atoms with Crippen molar-refractivity contribution < 1.29 is 0 Å². The zero-order valence-electron chi connectivity index (χ0n) is 12.1. The zero-order chi connectivity index (χ0) is 14.5. The number of nitrogens with zero attached hydrogens (tertiary/aromatic N) is 3. The van der Waals surface area contributed by atoms with E-state index in [1.807, 2.05) is 18.2 Å². The van der Waals surface area contributed by atoms with E-state index in [4.69, 9.17) is 23.2 Å². The van der Waals surface area contributed by atoms with Crippen molar-refractivity contribution in [3.63, 3.8) is 0 Å². The Morgan fingerprint density at radius 1 is 1.25 bits per heavy atom. The summed E-state index contributed by atoms with van der Waals surface area (Å²) in [4.78, 5) is 7.00. The second-order valence-corrected chi connectivity index (χ2v) is 5.53. The summed E-state index contributed by atoms with van der Waals surface area (Å²) < 4.78 is 2.16. The molecular weight excluding hydrogens is 293 g/mol. The number of likely N-dealkylation sites (N-methyl/N-ethyl adjacent to an activating group) is 1. The summed E-state index contributed by atoms with van der Waals surface area (Å²) in [5.41, 5.74) is 1.92. The van der Waals surface area contributed by atoms with Gasteiger partial charge in [-0.15, -0.1) is 11.6 Å². The number of halogens is 2. The number of hydrogen-bond donors (Lipinski definition) is 0.